The predicted octanol–water partition coefficient (Wildman–Crippen LogP) is 2.82. The van der Waals surface area contributed by atoms with Crippen molar-refractivity contribution in [3.05, 3.63) is 59.2 Å². The summed E-state index contributed by atoms with van der Waals surface area (Å²) in [6.07, 6.45) is 0. The standard InChI is InChI=1S/C19H18O5/c1-22-14-9-12-13(10-15(14)23-2)18(20)17(19(21)24-3)16(12)11-7-5-4-6-8-11/h4-10,16-17H,1-3H3/t16-,17-/m0/s1. The largest absolute Gasteiger partial charge is 0.493 e. The second-order valence-corrected chi connectivity index (χ2v) is 5.55. The van der Waals surface area contributed by atoms with Crippen LogP contribution in [0.1, 0.15) is 27.4 Å². The highest BCUT2D eigenvalue weighted by atomic mass is 16.5. The molecule has 0 radical (unpaired) electrons. The SMILES string of the molecule is COC(=O)[C@@H]1C(=O)c2cc(OC)c(OC)cc2[C@@H]1c1ccccc1. The van der Waals surface area contributed by atoms with E-state index >= 15 is 0 Å². The summed E-state index contributed by atoms with van der Waals surface area (Å²) in [6, 6.07) is 12.9. The third-order valence-electron chi connectivity index (χ3n) is 4.39. The Bertz CT molecular complexity index is 782. The van der Waals surface area contributed by atoms with Gasteiger partial charge < -0.3 is 14.2 Å². The number of hydrogen-bond donors (Lipinski definition) is 0. The van der Waals surface area contributed by atoms with Crippen LogP contribution in [0.4, 0.5) is 0 Å². The summed E-state index contributed by atoms with van der Waals surface area (Å²) in [5.41, 5.74) is 2.10. The highest BCUT2D eigenvalue weighted by Gasteiger charge is 2.46. The number of carbonyl (C=O) groups excluding carboxylic acids is 2. The van der Waals surface area contributed by atoms with Crippen molar-refractivity contribution in [1.29, 1.82) is 0 Å². The minimum absolute atomic E-state index is 0.258. The molecule has 0 bridgehead atoms. The van der Waals surface area contributed by atoms with Crippen molar-refractivity contribution >= 4 is 11.8 Å². The van der Waals surface area contributed by atoms with Gasteiger partial charge in [-0.2, -0.15) is 0 Å². The summed E-state index contributed by atoms with van der Waals surface area (Å²) in [5, 5.41) is 0. The van der Waals surface area contributed by atoms with E-state index in [1.54, 1.807) is 12.1 Å². The molecule has 2 atom stereocenters. The molecule has 5 heteroatoms. The molecule has 124 valence electrons. The molecule has 0 N–H and O–H groups in total. The number of Topliss-reactive ketones (excluding diaryl/α,β-unsaturated/α-hetero) is 1. The van der Waals surface area contributed by atoms with Gasteiger partial charge in [0.15, 0.2) is 17.3 Å². The normalized spacial score (nSPS) is 18.9. The second-order valence-electron chi connectivity index (χ2n) is 5.55. The Morgan fingerprint density at radius 1 is 0.958 bits per heavy atom. The van der Waals surface area contributed by atoms with Gasteiger partial charge in [0.1, 0.15) is 5.92 Å². The maximum absolute atomic E-state index is 12.9. The van der Waals surface area contributed by atoms with Crippen LogP contribution in [0.5, 0.6) is 11.5 Å². The summed E-state index contributed by atoms with van der Waals surface area (Å²) >= 11 is 0. The molecular weight excluding hydrogens is 308 g/mol. The first-order chi connectivity index (χ1) is 11.6. The van der Waals surface area contributed by atoms with Crippen molar-refractivity contribution in [2.45, 2.75) is 5.92 Å². The van der Waals surface area contributed by atoms with Crippen molar-refractivity contribution in [1.82, 2.24) is 0 Å². The summed E-state index contributed by atoms with van der Waals surface area (Å²) in [6.45, 7) is 0. The van der Waals surface area contributed by atoms with E-state index < -0.39 is 17.8 Å². The quantitative estimate of drug-likeness (QED) is 0.639. The first-order valence-electron chi connectivity index (χ1n) is 7.55. The van der Waals surface area contributed by atoms with Gasteiger partial charge in [-0.3, -0.25) is 9.59 Å². The van der Waals surface area contributed by atoms with Crippen molar-refractivity contribution in [2.75, 3.05) is 21.3 Å². The molecule has 5 nitrogen and oxygen atoms in total. The minimum atomic E-state index is -0.899. The van der Waals surface area contributed by atoms with Crippen LogP contribution in [-0.4, -0.2) is 33.1 Å². The van der Waals surface area contributed by atoms with Gasteiger partial charge in [0.25, 0.3) is 0 Å². The molecule has 0 amide bonds. The molecule has 0 saturated carbocycles. The maximum Gasteiger partial charge on any atom is 0.317 e. The number of methoxy groups -OCH3 is 3. The lowest BCUT2D eigenvalue weighted by Gasteiger charge is -2.18. The van der Waals surface area contributed by atoms with E-state index in [1.807, 2.05) is 30.3 Å². The Morgan fingerprint density at radius 3 is 2.17 bits per heavy atom. The molecule has 2 aromatic rings. The predicted molar refractivity (Wildman–Crippen MR) is 87.7 cm³/mol. The zero-order chi connectivity index (χ0) is 17.3. The summed E-state index contributed by atoms with van der Waals surface area (Å²) in [4.78, 5) is 25.1. The van der Waals surface area contributed by atoms with Crippen molar-refractivity contribution in [3.8, 4) is 11.5 Å². The fourth-order valence-electron chi connectivity index (χ4n) is 3.27. The second kappa shape index (κ2) is 6.35. The van der Waals surface area contributed by atoms with E-state index in [0.717, 1.165) is 11.1 Å². The first-order valence-corrected chi connectivity index (χ1v) is 7.55. The Kier molecular flexibility index (Phi) is 4.25. The van der Waals surface area contributed by atoms with Gasteiger partial charge in [-0.15, -0.1) is 0 Å². The molecule has 0 spiro atoms. The molecule has 0 saturated heterocycles. The number of rotatable bonds is 4. The smallest absolute Gasteiger partial charge is 0.317 e. The van der Waals surface area contributed by atoms with Crippen molar-refractivity contribution < 1.29 is 23.8 Å². The van der Waals surface area contributed by atoms with Crippen LogP contribution in [0.15, 0.2) is 42.5 Å². The molecule has 24 heavy (non-hydrogen) atoms. The van der Waals surface area contributed by atoms with Crippen LogP contribution < -0.4 is 9.47 Å². The molecule has 1 aliphatic rings. The van der Waals surface area contributed by atoms with E-state index in [4.69, 9.17) is 14.2 Å². The Balaban J connectivity index is 2.22. The minimum Gasteiger partial charge on any atom is -0.493 e. The number of esters is 1. The van der Waals surface area contributed by atoms with Crippen LogP contribution in [0, 0.1) is 5.92 Å². The van der Waals surface area contributed by atoms with Gasteiger partial charge >= 0.3 is 5.97 Å². The third kappa shape index (κ3) is 2.42. The summed E-state index contributed by atoms with van der Waals surface area (Å²) < 4.78 is 15.5. The van der Waals surface area contributed by atoms with Crippen molar-refractivity contribution in [3.63, 3.8) is 0 Å². The molecule has 1 aliphatic carbocycles. The van der Waals surface area contributed by atoms with Crippen LogP contribution in [0.3, 0.4) is 0 Å². The molecular formula is C19H18O5. The lowest BCUT2D eigenvalue weighted by Crippen LogP contribution is -2.26. The molecule has 0 aliphatic heterocycles. The molecule has 3 rings (SSSR count). The van der Waals surface area contributed by atoms with E-state index in [-0.39, 0.29) is 5.78 Å². The van der Waals surface area contributed by atoms with Gasteiger partial charge in [0.05, 0.1) is 21.3 Å². The molecule has 0 aromatic heterocycles. The van der Waals surface area contributed by atoms with E-state index in [1.165, 1.54) is 21.3 Å². The molecule has 0 fully saturated rings. The highest BCUT2D eigenvalue weighted by Crippen LogP contribution is 2.46. The van der Waals surface area contributed by atoms with Gasteiger partial charge in [-0.05, 0) is 23.3 Å². The molecule has 2 aromatic carbocycles. The zero-order valence-electron chi connectivity index (χ0n) is 13.7. The van der Waals surface area contributed by atoms with Crippen LogP contribution >= 0.6 is 0 Å². The van der Waals surface area contributed by atoms with E-state index in [2.05, 4.69) is 0 Å². The van der Waals surface area contributed by atoms with Crippen LogP contribution in [0.25, 0.3) is 0 Å². The summed E-state index contributed by atoms with van der Waals surface area (Å²) in [5.74, 6) is -1.11. The first kappa shape index (κ1) is 16.1. The van der Waals surface area contributed by atoms with Crippen LogP contribution in [-0.2, 0) is 9.53 Å². The number of ether oxygens (including phenoxy) is 3. The third-order valence-corrected chi connectivity index (χ3v) is 4.39. The Hall–Kier alpha value is -2.82. The molecule has 0 heterocycles. The molecule has 0 unspecified atom stereocenters. The maximum atomic E-state index is 12.9. The fraction of sp³-hybridized carbons (Fsp3) is 0.263. The monoisotopic (exact) mass is 326 g/mol. The highest BCUT2D eigenvalue weighted by molar-refractivity contribution is 6.14. The average molecular weight is 326 g/mol. The van der Waals surface area contributed by atoms with Gasteiger partial charge in [-0.25, -0.2) is 0 Å². The van der Waals surface area contributed by atoms with Gasteiger partial charge in [0, 0.05) is 11.5 Å². The fourth-order valence-corrected chi connectivity index (χ4v) is 3.27. The van der Waals surface area contributed by atoms with Crippen molar-refractivity contribution in [2.24, 2.45) is 5.92 Å². The van der Waals surface area contributed by atoms with Gasteiger partial charge in [-0.1, -0.05) is 30.3 Å². The number of hydrogen-bond acceptors (Lipinski definition) is 5. The summed E-state index contributed by atoms with van der Waals surface area (Å²) in [7, 11) is 4.34. The number of carbonyl (C=O) groups is 2. The van der Waals surface area contributed by atoms with E-state index in [9.17, 15) is 9.59 Å². The zero-order valence-corrected chi connectivity index (χ0v) is 13.7. The average Bonchev–Trinajstić information content (AvgIpc) is 2.92. The topological polar surface area (TPSA) is 61.8 Å². The number of benzene rings is 2. The Morgan fingerprint density at radius 2 is 1.58 bits per heavy atom. The van der Waals surface area contributed by atoms with Crippen LogP contribution in [0.2, 0.25) is 0 Å². The van der Waals surface area contributed by atoms with E-state index in [0.29, 0.717) is 17.1 Å². The number of fused-ring (bicyclic) bond motifs is 1. The van der Waals surface area contributed by atoms with Gasteiger partial charge in [0.2, 0.25) is 0 Å². The lowest BCUT2D eigenvalue weighted by molar-refractivity contribution is -0.143. The lowest BCUT2D eigenvalue weighted by atomic mass is 9.85. The Labute approximate surface area is 140 Å². The number of ketones is 1.